The molecule has 0 fully saturated rings. The third-order valence-corrected chi connectivity index (χ3v) is 1.96. The number of rotatable bonds is 3. The van der Waals surface area contributed by atoms with E-state index in [1.54, 1.807) is 0 Å². The number of carbonyl (C=O) groups excluding carboxylic acids is 1. The van der Waals surface area contributed by atoms with Gasteiger partial charge in [-0.2, -0.15) is 0 Å². The summed E-state index contributed by atoms with van der Waals surface area (Å²) in [4.78, 5) is 10.1. The standard InChI is InChI=1S/C12H14O/c1-10-6-7-11(2)12(9-10)5-3-4-8-13/h3,5-9H,4H2,1-2H3. The molecule has 0 saturated carbocycles. The predicted octanol–water partition coefficient (Wildman–Crippen LogP) is 2.91. The maximum Gasteiger partial charge on any atom is 0.123 e. The number of allylic oxidation sites excluding steroid dienone is 1. The Hall–Kier alpha value is -1.37. The van der Waals surface area contributed by atoms with Crippen LogP contribution >= 0.6 is 0 Å². The van der Waals surface area contributed by atoms with Crippen LogP contribution in [0.4, 0.5) is 0 Å². The molecule has 1 nitrogen and oxygen atoms in total. The number of aryl methyl sites for hydroxylation is 2. The van der Waals surface area contributed by atoms with E-state index in [0.717, 1.165) is 6.29 Å². The monoisotopic (exact) mass is 174 g/mol. The first-order valence-corrected chi connectivity index (χ1v) is 4.41. The summed E-state index contributed by atoms with van der Waals surface area (Å²) in [6, 6.07) is 6.30. The molecule has 0 heterocycles. The van der Waals surface area contributed by atoms with Crippen molar-refractivity contribution in [1.82, 2.24) is 0 Å². The van der Waals surface area contributed by atoms with Gasteiger partial charge in [0.15, 0.2) is 0 Å². The van der Waals surface area contributed by atoms with Gasteiger partial charge in [0, 0.05) is 6.42 Å². The van der Waals surface area contributed by atoms with Crippen LogP contribution in [-0.2, 0) is 4.79 Å². The van der Waals surface area contributed by atoms with Crippen LogP contribution in [0.5, 0.6) is 0 Å². The van der Waals surface area contributed by atoms with Gasteiger partial charge < -0.3 is 4.79 Å². The summed E-state index contributed by atoms with van der Waals surface area (Å²) in [6.07, 6.45) is 5.28. The van der Waals surface area contributed by atoms with Crippen molar-refractivity contribution in [2.45, 2.75) is 20.3 Å². The molecular weight excluding hydrogens is 160 g/mol. The topological polar surface area (TPSA) is 17.1 Å². The molecule has 1 aromatic carbocycles. The van der Waals surface area contributed by atoms with E-state index < -0.39 is 0 Å². The van der Waals surface area contributed by atoms with E-state index in [2.05, 4.69) is 32.0 Å². The maximum atomic E-state index is 10.1. The summed E-state index contributed by atoms with van der Waals surface area (Å²) in [7, 11) is 0. The Bertz CT molecular complexity index is 324. The zero-order chi connectivity index (χ0) is 9.68. The minimum absolute atomic E-state index is 0.493. The molecule has 0 aliphatic carbocycles. The highest BCUT2D eigenvalue weighted by molar-refractivity contribution is 5.60. The highest BCUT2D eigenvalue weighted by Crippen LogP contribution is 2.12. The molecule has 1 heteroatoms. The second-order valence-corrected chi connectivity index (χ2v) is 3.16. The van der Waals surface area contributed by atoms with Crippen molar-refractivity contribution in [2.75, 3.05) is 0 Å². The average Bonchev–Trinajstić information content (AvgIpc) is 2.11. The Kier molecular flexibility index (Phi) is 3.44. The number of hydrogen-bond donors (Lipinski definition) is 0. The number of aldehydes is 1. The van der Waals surface area contributed by atoms with Gasteiger partial charge in [-0.3, -0.25) is 0 Å². The van der Waals surface area contributed by atoms with Gasteiger partial charge in [-0.15, -0.1) is 0 Å². The van der Waals surface area contributed by atoms with Crippen molar-refractivity contribution >= 4 is 12.4 Å². The van der Waals surface area contributed by atoms with Crippen LogP contribution in [0.2, 0.25) is 0 Å². The number of hydrogen-bond acceptors (Lipinski definition) is 1. The summed E-state index contributed by atoms with van der Waals surface area (Å²) in [5.74, 6) is 0. The third kappa shape index (κ3) is 2.86. The second kappa shape index (κ2) is 4.61. The minimum atomic E-state index is 0.493. The molecule has 0 aliphatic heterocycles. The molecule has 0 aromatic heterocycles. The molecular formula is C12H14O. The highest BCUT2D eigenvalue weighted by Gasteiger charge is 1.92. The van der Waals surface area contributed by atoms with Gasteiger partial charge in [-0.05, 0) is 25.0 Å². The summed E-state index contributed by atoms with van der Waals surface area (Å²) in [5, 5.41) is 0. The van der Waals surface area contributed by atoms with Crippen LogP contribution in [-0.4, -0.2) is 6.29 Å². The van der Waals surface area contributed by atoms with Crippen LogP contribution in [0, 0.1) is 13.8 Å². The number of benzene rings is 1. The number of carbonyl (C=O) groups is 1. The van der Waals surface area contributed by atoms with Crippen molar-refractivity contribution in [2.24, 2.45) is 0 Å². The molecule has 1 aromatic rings. The van der Waals surface area contributed by atoms with Crippen LogP contribution < -0.4 is 0 Å². The van der Waals surface area contributed by atoms with Gasteiger partial charge in [0.2, 0.25) is 0 Å². The van der Waals surface area contributed by atoms with Gasteiger partial charge >= 0.3 is 0 Å². The van der Waals surface area contributed by atoms with Crippen LogP contribution in [0.25, 0.3) is 6.08 Å². The largest absolute Gasteiger partial charge is 0.303 e. The smallest absolute Gasteiger partial charge is 0.123 e. The van der Waals surface area contributed by atoms with Crippen molar-refractivity contribution in [3.63, 3.8) is 0 Å². The van der Waals surface area contributed by atoms with Gasteiger partial charge in [0.1, 0.15) is 6.29 Å². The van der Waals surface area contributed by atoms with Gasteiger partial charge in [0.25, 0.3) is 0 Å². The van der Waals surface area contributed by atoms with E-state index in [-0.39, 0.29) is 0 Å². The van der Waals surface area contributed by atoms with Crippen molar-refractivity contribution in [1.29, 1.82) is 0 Å². The van der Waals surface area contributed by atoms with E-state index in [4.69, 9.17) is 0 Å². The van der Waals surface area contributed by atoms with Gasteiger partial charge in [0.05, 0.1) is 0 Å². The third-order valence-electron chi connectivity index (χ3n) is 1.96. The van der Waals surface area contributed by atoms with Crippen molar-refractivity contribution in [3.05, 3.63) is 41.0 Å². The Balaban J connectivity index is 2.86. The lowest BCUT2D eigenvalue weighted by Crippen LogP contribution is -1.81. The Labute approximate surface area is 79.1 Å². The summed E-state index contributed by atoms with van der Waals surface area (Å²) >= 11 is 0. The first-order chi connectivity index (χ1) is 6.24. The fourth-order valence-electron chi connectivity index (χ4n) is 1.19. The molecule has 0 saturated heterocycles. The van der Waals surface area contributed by atoms with Crippen molar-refractivity contribution < 1.29 is 4.79 Å². The SMILES string of the molecule is Cc1ccc(C)c(C=CCC=O)c1. The molecule has 0 spiro atoms. The fraction of sp³-hybridized carbons (Fsp3) is 0.250. The molecule has 68 valence electrons. The van der Waals surface area contributed by atoms with E-state index in [1.807, 2.05) is 12.2 Å². The normalized spacial score (nSPS) is 10.6. The molecule has 1 rings (SSSR count). The second-order valence-electron chi connectivity index (χ2n) is 3.16. The molecule has 0 atom stereocenters. The molecule has 0 N–H and O–H groups in total. The molecule has 0 bridgehead atoms. The maximum absolute atomic E-state index is 10.1. The van der Waals surface area contributed by atoms with Crippen molar-refractivity contribution in [3.8, 4) is 0 Å². The highest BCUT2D eigenvalue weighted by atomic mass is 16.1. The molecule has 0 unspecified atom stereocenters. The first kappa shape index (κ1) is 9.72. The fourth-order valence-corrected chi connectivity index (χ4v) is 1.19. The predicted molar refractivity (Wildman–Crippen MR) is 55.6 cm³/mol. The van der Waals surface area contributed by atoms with E-state index in [1.165, 1.54) is 16.7 Å². The molecule has 13 heavy (non-hydrogen) atoms. The summed E-state index contributed by atoms with van der Waals surface area (Å²) in [5.41, 5.74) is 3.69. The Morgan fingerprint density at radius 2 is 2.08 bits per heavy atom. The van der Waals surface area contributed by atoms with Gasteiger partial charge in [-0.1, -0.05) is 35.9 Å². The average molecular weight is 174 g/mol. The van der Waals surface area contributed by atoms with E-state index >= 15 is 0 Å². The van der Waals surface area contributed by atoms with E-state index in [0.29, 0.717) is 6.42 Å². The van der Waals surface area contributed by atoms with Crippen LogP contribution in [0.3, 0.4) is 0 Å². The lowest BCUT2D eigenvalue weighted by atomic mass is 10.1. The Morgan fingerprint density at radius 3 is 2.77 bits per heavy atom. The lowest BCUT2D eigenvalue weighted by Gasteiger charge is -2.00. The molecule has 0 amide bonds. The summed E-state index contributed by atoms with van der Waals surface area (Å²) in [6.45, 7) is 4.14. The lowest BCUT2D eigenvalue weighted by molar-refractivity contribution is -0.107. The van der Waals surface area contributed by atoms with Gasteiger partial charge in [-0.25, -0.2) is 0 Å². The quantitative estimate of drug-likeness (QED) is 0.644. The Morgan fingerprint density at radius 1 is 1.31 bits per heavy atom. The molecule has 0 radical (unpaired) electrons. The zero-order valence-corrected chi connectivity index (χ0v) is 8.08. The van der Waals surface area contributed by atoms with Crippen LogP contribution in [0.15, 0.2) is 24.3 Å². The van der Waals surface area contributed by atoms with E-state index in [9.17, 15) is 4.79 Å². The minimum Gasteiger partial charge on any atom is -0.303 e. The summed E-state index contributed by atoms with van der Waals surface area (Å²) < 4.78 is 0. The molecule has 0 aliphatic rings. The zero-order valence-electron chi connectivity index (χ0n) is 8.08. The first-order valence-electron chi connectivity index (χ1n) is 4.41. The van der Waals surface area contributed by atoms with Crippen LogP contribution in [0.1, 0.15) is 23.1 Å².